The molecule has 0 atom stereocenters. The Morgan fingerprint density at radius 2 is 1.76 bits per heavy atom. The predicted molar refractivity (Wildman–Crippen MR) is 130 cm³/mol. The lowest BCUT2D eigenvalue weighted by atomic mass is 9.86. The van der Waals surface area contributed by atoms with E-state index in [2.05, 4.69) is 11.1 Å². The summed E-state index contributed by atoms with van der Waals surface area (Å²) in [5.41, 5.74) is 7.27. The van der Waals surface area contributed by atoms with Gasteiger partial charge < -0.3 is 15.0 Å². The van der Waals surface area contributed by atoms with E-state index in [-0.39, 0.29) is 5.56 Å². The van der Waals surface area contributed by atoms with Crippen LogP contribution in [0, 0.1) is 11.3 Å². The van der Waals surface area contributed by atoms with E-state index < -0.39 is 11.4 Å². The van der Waals surface area contributed by atoms with Crippen LogP contribution in [0.2, 0.25) is 0 Å². The molecule has 0 unspecified atom stereocenters. The maximum absolute atomic E-state index is 12.4. The molecular weight excluding hydrogens is 430 g/mol. The van der Waals surface area contributed by atoms with E-state index in [0.717, 1.165) is 5.56 Å². The van der Waals surface area contributed by atoms with Crippen LogP contribution in [0.15, 0.2) is 77.9 Å². The number of nitrogens with zero attached hydrogens (tertiary/aromatic N) is 4. The van der Waals surface area contributed by atoms with Crippen molar-refractivity contribution in [2.24, 2.45) is 12.8 Å². The van der Waals surface area contributed by atoms with Gasteiger partial charge in [-0.2, -0.15) is 5.26 Å². The zero-order valence-corrected chi connectivity index (χ0v) is 19.0. The minimum Gasteiger partial charge on any atom is -0.457 e. The molecule has 0 bridgehead atoms. The Balaban J connectivity index is 1.62. The number of hydrogen-bond donors (Lipinski definition) is 1. The molecule has 0 aliphatic rings. The number of rotatable bonds is 5. The molecule has 170 valence electrons. The molecule has 1 aromatic heterocycles. The van der Waals surface area contributed by atoms with Crippen molar-refractivity contribution in [3.8, 4) is 17.6 Å². The van der Waals surface area contributed by atoms with E-state index in [0.29, 0.717) is 33.8 Å². The summed E-state index contributed by atoms with van der Waals surface area (Å²) in [5, 5.41) is 9.91. The first kappa shape index (κ1) is 22.6. The number of ether oxygens (including phenoxy) is 1. The zero-order chi connectivity index (χ0) is 24.5. The van der Waals surface area contributed by atoms with Crippen LogP contribution in [0.1, 0.15) is 19.4 Å². The van der Waals surface area contributed by atoms with Crippen molar-refractivity contribution in [1.82, 2.24) is 9.55 Å². The van der Waals surface area contributed by atoms with Crippen LogP contribution in [0.3, 0.4) is 0 Å². The smallest absolute Gasteiger partial charge is 0.323 e. The number of primary amides is 1. The van der Waals surface area contributed by atoms with Gasteiger partial charge in [-0.3, -0.25) is 9.69 Å². The number of carbonyl (C=O) groups excluding carboxylic acids is 1. The Morgan fingerprint density at radius 1 is 1.06 bits per heavy atom. The number of carbonyl (C=O) groups is 1. The fourth-order valence-corrected chi connectivity index (χ4v) is 3.55. The molecule has 8 heteroatoms. The highest BCUT2D eigenvalue weighted by Crippen LogP contribution is 2.32. The molecule has 0 aliphatic heterocycles. The van der Waals surface area contributed by atoms with Crippen molar-refractivity contribution in [3.63, 3.8) is 0 Å². The van der Waals surface area contributed by atoms with Crippen LogP contribution in [-0.2, 0) is 12.5 Å². The molecule has 0 radical (unpaired) electrons. The number of hydrogen-bond acceptors (Lipinski definition) is 5. The number of benzene rings is 3. The van der Waals surface area contributed by atoms with E-state index in [9.17, 15) is 14.9 Å². The van der Waals surface area contributed by atoms with Gasteiger partial charge in [0.1, 0.15) is 11.5 Å². The Morgan fingerprint density at radius 3 is 2.44 bits per heavy atom. The molecular formula is C26H23N5O3. The third-order valence-electron chi connectivity index (χ3n) is 5.55. The largest absolute Gasteiger partial charge is 0.457 e. The second kappa shape index (κ2) is 8.71. The highest BCUT2D eigenvalue weighted by Gasteiger charge is 2.22. The second-order valence-electron chi connectivity index (χ2n) is 8.40. The first-order valence-corrected chi connectivity index (χ1v) is 10.5. The summed E-state index contributed by atoms with van der Waals surface area (Å²) in [6, 6.07) is 20.7. The molecule has 0 saturated heterocycles. The topological polar surface area (TPSA) is 114 Å². The van der Waals surface area contributed by atoms with Gasteiger partial charge in [0.2, 0.25) is 0 Å². The summed E-state index contributed by atoms with van der Waals surface area (Å²) in [7, 11) is 1.64. The molecule has 2 amide bonds. The van der Waals surface area contributed by atoms with Gasteiger partial charge in [-0.1, -0.05) is 12.1 Å². The molecule has 3 aromatic carbocycles. The van der Waals surface area contributed by atoms with Crippen molar-refractivity contribution in [2.45, 2.75) is 19.3 Å². The lowest BCUT2D eigenvalue weighted by molar-refractivity contribution is 0.256. The van der Waals surface area contributed by atoms with Gasteiger partial charge in [0, 0.05) is 7.05 Å². The second-order valence-corrected chi connectivity index (χ2v) is 8.40. The average molecular weight is 454 g/mol. The van der Waals surface area contributed by atoms with Crippen LogP contribution in [-0.4, -0.2) is 15.6 Å². The number of nitrogens with two attached hydrogens (primary N) is 1. The zero-order valence-electron chi connectivity index (χ0n) is 19.0. The maximum Gasteiger partial charge on any atom is 0.323 e. The number of nitriles is 1. The molecule has 1 heterocycles. The van der Waals surface area contributed by atoms with Gasteiger partial charge >= 0.3 is 6.03 Å². The van der Waals surface area contributed by atoms with Crippen LogP contribution in [0.25, 0.3) is 10.9 Å². The Kier molecular flexibility index (Phi) is 5.78. The van der Waals surface area contributed by atoms with Crippen LogP contribution < -0.4 is 20.9 Å². The summed E-state index contributed by atoms with van der Waals surface area (Å²) in [6.45, 7) is 3.62. The molecule has 2 N–H and O–H groups in total. The van der Waals surface area contributed by atoms with Crippen LogP contribution in [0.4, 0.5) is 16.2 Å². The van der Waals surface area contributed by atoms with Crippen LogP contribution in [0.5, 0.6) is 11.5 Å². The number of fused-ring (bicyclic) bond motifs is 1. The van der Waals surface area contributed by atoms with E-state index >= 15 is 0 Å². The van der Waals surface area contributed by atoms with Gasteiger partial charge in [0.05, 0.1) is 40.1 Å². The summed E-state index contributed by atoms with van der Waals surface area (Å²) in [4.78, 5) is 30.3. The molecule has 0 fully saturated rings. The van der Waals surface area contributed by atoms with Crippen molar-refractivity contribution in [3.05, 3.63) is 89.0 Å². The molecule has 34 heavy (non-hydrogen) atoms. The number of urea groups is 1. The first-order chi connectivity index (χ1) is 16.2. The average Bonchev–Trinajstić information content (AvgIpc) is 2.83. The SMILES string of the molecule is Cn1cnc2ccc(Oc3ccc(N(C(N)=O)c4cccc(C(C)(C)C#N)c4)cc3)cc2c1=O. The monoisotopic (exact) mass is 453 g/mol. The number of aromatic nitrogens is 2. The fraction of sp³-hybridized carbons (Fsp3) is 0.154. The maximum atomic E-state index is 12.4. The van der Waals surface area contributed by atoms with Crippen molar-refractivity contribution in [1.29, 1.82) is 5.26 Å². The molecule has 8 nitrogen and oxygen atoms in total. The summed E-state index contributed by atoms with van der Waals surface area (Å²) >= 11 is 0. The number of amides is 2. The molecule has 4 rings (SSSR count). The molecule has 0 spiro atoms. The first-order valence-electron chi connectivity index (χ1n) is 10.5. The van der Waals surface area contributed by atoms with E-state index in [1.165, 1.54) is 15.8 Å². The van der Waals surface area contributed by atoms with E-state index in [4.69, 9.17) is 10.5 Å². The Bertz CT molecular complexity index is 1480. The van der Waals surface area contributed by atoms with Gasteiger partial charge in [0.25, 0.3) is 5.56 Å². The van der Waals surface area contributed by atoms with Gasteiger partial charge in [-0.25, -0.2) is 9.78 Å². The highest BCUT2D eigenvalue weighted by molar-refractivity contribution is 5.98. The van der Waals surface area contributed by atoms with Crippen molar-refractivity contribution < 1.29 is 9.53 Å². The fourth-order valence-electron chi connectivity index (χ4n) is 3.55. The number of aryl methyl sites for hydroxylation is 1. The number of anilines is 2. The summed E-state index contributed by atoms with van der Waals surface area (Å²) in [5.74, 6) is 1.01. The third kappa shape index (κ3) is 4.32. The molecule has 0 aliphatic carbocycles. The minimum atomic E-state index is -0.715. The predicted octanol–water partition coefficient (Wildman–Crippen LogP) is 4.74. The van der Waals surface area contributed by atoms with Gasteiger partial charge in [-0.05, 0) is 74.0 Å². The quantitative estimate of drug-likeness (QED) is 0.469. The minimum absolute atomic E-state index is 0.162. The van der Waals surface area contributed by atoms with E-state index in [1.807, 2.05) is 19.9 Å². The van der Waals surface area contributed by atoms with Crippen LogP contribution >= 0.6 is 0 Å². The highest BCUT2D eigenvalue weighted by atomic mass is 16.5. The van der Waals surface area contributed by atoms with Gasteiger partial charge in [0.15, 0.2) is 0 Å². The Hall–Kier alpha value is -4.64. The molecule has 0 saturated carbocycles. The lowest BCUT2D eigenvalue weighted by Crippen LogP contribution is -2.31. The van der Waals surface area contributed by atoms with Crippen molar-refractivity contribution in [2.75, 3.05) is 4.90 Å². The molecule has 4 aromatic rings. The summed E-state index contributed by atoms with van der Waals surface area (Å²) < 4.78 is 7.32. The third-order valence-corrected chi connectivity index (χ3v) is 5.55. The standard InChI is InChI=1S/C26H23N5O3/c1-26(2,15-27)17-5-4-6-19(13-17)31(25(28)33)18-7-9-20(10-8-18)34-21-11-12-23-22(14-21)24(32)30(3)16-29-23/h4-14,16H,1-3H3,(H2,28,33). The summed E-state index contributed by atoms with van der Waals surface area (Å²) in [6.07, 6.45) is 1.48. The van der Waals surface area contributed by atoms with Gasteiger partial charge in [-0.15, -0.1) is 0 Å². The normalized spacial score (nSPS) is 11.1. The lowest BCUT2D eigenvalue weighted by Gasteiger charge is -2.23. The van der Waals surface area contributed by atoms with Crippen molar-refractivity contribution >= 4 is 28.3 Å². The Labute approximate surface area is 196 Å². The van der Waals surface area contributed by atoms with E-state index in [1.54, 1.807) is 67.7 Å².